The van der Waals surface area contributed by atoms with Crippen molar-refractivity contribution < 1.29 is 18.7 Å². The molecule has 27 heavy (non-hydrogen) atoms. The lowest BCUT2D eigenvalue weighted by Gasteiger charge is -2.24. The molecule has 0 spiro atoms. The summed E-state index contributed by atoms with van der Waals surface area (Å²) >= 11 is 1.57. The topological polar surface area (TPSA) is 47.6 Å². The molecule has 0 radical (unpaired) electrons. The van der Waals surface area contributed by atoms with Gasteiger partial charge in [0.25, 0.3) is 0 Å². The molecule has 6 heteroatoms. The van der Waals surface area contributed by atoms with Gasteiger partial charge in [-0.1, -0.05) is 18.2 Å². The van der Waals surface area contributed by atoms with E-state index in [4.69, 9.17) is 9.47 Å². The van der Waals surface area contributed by atoms with E-state index in [0.29, 0.717) is 17.9 Å². The van der Waals surface area contributed by atoms with Crippen molar-refractivity contribution in [2.75, 3.05) is 19.5 Å². The number of methoxy groups -OCH3 is 2. The quantitative estimate of drug-likeness (QED) is 0.686. The molecule has 0 saturated heterocycles. The van der Waals surface area contributed by atoms with Crippen LogP contribution in [0, 0.1) is 5.82 Å². The first-order valence-electron chi connectivity index (χ1n) is 8.49. The van der Waals surface area contributed by atoms with Crippen molar-refractivity contribution in [3.8, 4) is 22.6 Å². The summed E-state index contributed by atoms with van der Waals surface area (Å²) in [5.74, 6) is 0.753. The maximum Gasteiger partial charge on any atom is 0.225 e. The minimum absolute atomic E-state index is 0.0723. The summed E-state index contributed by atoms with van der Waals surface area (Å²) in [4.78, 5) is 13.4. The maximum atomic E-state index is 13.7. The molecule has 0 aliphatic carbocycles. The zero-order valence-electron chi connectivity index (χ0n) is 14.9. The van der Waals surface area contributed by atoms with Crippen molar-refractivity contribution in [2.45, 2.75) is 12.3 Å². The van der Waals surface area contributed by atoms with E-state index < -0.39 is 0 Å². The van der Waals surface area contributed by atoms with Crippen LogP contribution in [0.15, 0.2) is 47.8 Å². The van der Waals surface area contributed by atoms with E-state index in [9.17, 15) is 9.18 Å². The van der Waals surface area contributed by atoms with Gasteiger partial charge in [-0.05, 0) is 35.4 Å². The molecule has 1 aromatic heterocycles. The number of benzene rings is 2. The number of carbonyl (C=O) groups excluding carboxylic acids is 1. The Balaban J connectivity index is 1.80. The SMILES string of the molecule is COc1ccc(-c2csc3c2NC(=O)C[C@H]3c2cccc(F)c2)cc1OC. The van der Waals surface area contributed by atoms with Gasteiger partial charge in [0.1, 0.15) is 5.82 Å². The van der Waals surface area contributed by atoms with E-state index in [1.54, 1.807) is 31.6 Å². The summed E-state index contributed by atoms with van der Waals surface area (Å²) in [5.41, 5.74) is 3.44. The molecule has 1 N–H and O–H groups in total. The van der Waals surface area contributed by atoms with E-state index in [-0.39, 0.29) is 17.6 Å². The molecule has 0 fully saturated rings. The van der Waals surface area contributed by atoms with E-state index in [1.807, 2.05) is 29.6 Å². The van der Waals surface area contributed by atoms with Gasteiger partial charge >= 0.3 is 0 Å². The number of ether oxygens (including phenoxy) is 2. The number of nitrogens with one attached hydrogen (secondary N) is 1. The van der Waals surface area contributed by atoms with Crippen LogP contribution < -0.4 is 14.8 Å². The third kappa shape index (κ3) is 3.17. The number of anilines is 1. The maximum absolute atomic E-state index is 13.7. The molecular weight excluding hydrogens is 365 g/mol. The van der Waals surface area contributed by atoms with Gasteiger partial charge < -0.3 is 14.8 Å². The van der Waals surface area contributed by atoms with Crippen molar-refractivity contribution >= 4 is 22.9 Å². The summed E-state index contributed by atoms with van der Waals surface area (Å²) in [7, 11) is 3.18. The second-order valence-electron chi connectivity index (χ2n) is 6.32. The molecule has 2 aromatic carbocycles. The number of fused-ring (bicyclic) bond motifs is 1. The Labute approximate surface area is 160 Å². The molecule has 2 heterocycles. The predicted molar refractivity (Wildman–Crippen MR) is 104 cm³/mol. The number of amides is 1. The molecule has 0 saturated carbocycles. The largest absolute Gasteiger partial charge is 0.493 e. The predicted octanol–water partition coefficient (Wildman–Crippen LogP) is 5.05. The lowest BCUT2D eigenvalue weighted by molar-refractivity contribution is -0.116. The van der Waals surface area contributed by atoms with Gasteiger partial charge in [0.2, 0.25) is 5.91 Å². The number of carbonyl (C=O) groups is 1. The van der Waals surface area contributed by atoms with Gasteiger partial charge in [-0.15, -0.1) is 11.3 Å². The molecular formula is C21H18FNO3S. The minimum atomic E-state index is -0.295. The van der Waals surface area contributed by atoms with Crippen LogP contribution in [0.25, 0.3) is 11.1 Å². The first kappa shape index (κ1) is 17.5. The second kappa shape index (κ2) is 7.04. The monoisotopic (exact) mass is 383 g/mol. The fourth-order valence-corrected chi connectivity index (χ4v) is 4.60. The highest BCUT2D eigenvalue weighted by molar-refractivity contribution is 7.11. The number of hydrogen-bond donors (Lipinski definition) is 1. The van der Waals surface area contributed by atoms with Gasteiger partial charge in [0.05, 0.1) is 19.9 Å². The first-order chi connectivity index (χ1) is 13.1. The van der Waals surface area contributed by atoms with E-state index in [1.165, 1.54) is 12.1 Å². The van der Waals surface area contributed by atoms with Gasteiger partial charge in [0, 0.05) is 28.2 Å². The standard InChI is InChI=1S/C21H18FNO3S/c1-25-17-7-6-13(9-18(17)26-2)16-11-27-21-15(10-19(24)23-20(16)21)12-4-3-5-14(22)8-12/h3-9,11,15H,10H2,1-2H3,(H,23,24)/t15-/m0/s1. The summed E-state index contributed by atoms with van der Waals surface area (Å²) < 4.78 is 24.4. The number of hydrogen-bond acceptors (Lipinski definition) is 4. The van der Waals surface area contributed by atoms with Gasteiger partial charge in [-0.3, -0.25) is 4.79 Å². The Morgan fingerprint density at radius 2 is 1.93 bits per heavy atom. The molecule has 1 atom stereocenters. The molecule has 4 nitrogen and oxygen atoms in total. The van der Waals surface area contributed by atoms with Crippen LogP contribution in [0.5, 0.6) is 11.5 Å². The van der Waals surface area contributed by atoms with Crippen LogP contribution >= 0.6 is 11.3 Å². The zero-order chi connectivity index (χ0) is 19.0. The third-order valence-electron chi connectivity index (χ3n) is 4.74. The number of rotatable bonds is 4. The van der Waals surface area contributed by atoms with Gasteiger partial charge in [-0.2, -0.15) is 0 Å². The summed E-state index contributed by atoms with van der Waals surface area (Å²) in [6, 6.07) is 12.1. The fourth-order valence-electron chi connectivity index (χ4n) is 3.44. The average Bonchev–Trinajstić information content (AvgIpc) is 3.10. The molecule has 3 aromatic rings. The first-order valence-corrected chi connectivity index (χ1v) is 9.37. The van der Waals surface area contributed by atoms with Gasteiger partial charge in [0.15, 0.2) is 11.5 Å². The highest BCUT2D eigenvalue weighted by Crippen LogP contribution is 2.47. The third-order valence-corrected chi connectivity index (χ3v) is 5.83. The zero-order valence-corrected chi connectivity index (χ0v) is 15.7. The number of halogens is 1. The lowest BCUT2D eigenvalue weighted by atomic mass is 9.89. The minimum Gasteiger partial charge on any atom is -0.493 e. The van der Waals surface area contributed by atoms with Crippen LogP contribution in [-0.2, 0) is 4.79 Å². The highest BCUT2D eigenvalue weighted by atomic mass is 32.1. The molecule has 0 unspecified atom stereocenters. The van der Waals surface area contributed by atoms with E-state index >= 15 is 0 Å². The Morgan fingerprint density at radius 1 is 1.11 bits per heavy atom. The van der Waals surface area contributed by atoms with Crippen LogP contribution in [-0.4, -0.2) is 20.1 Å². The Hall–Kier alpha value is -2.86. The summed E-state index contributed by atoms with van der Waals surface area (Å²) in [6.45, 7) is 0. The fraction of sp³-hybridized carbons (Fsp3) is 0.190. The Morgan fingerprint density at radius 3 is 2.67 bits per heavy atom. The van der Waals surface area contributed by atoms with Crippen molar-refractivity contribution in [2.24, 2.45) is 0 Å². The van der Waals surface area contributed by atoms with Crippen LogP contribution in [0.1, 0.15) is 22.8 Å². The van der Waals surface area contributed by atoms with Gasteiger partial charge in [-0.25, -0.2) is 4.39 Å². The molecule has 0 bridgehead atoms. The van der Waals surface area contributed by atoms with E-state index in [0.717, 1.165) is 27.3 Å². The highest BCUT2D eigenvalue weighted by Gasteiger charge is 2.30. The number of thiophene rings is 1. The van der Waals surface area contributed by atoms with Crippen molar-refractivity contribution in [1.82, 2.24) is 0 Å². The Bertz CT molecular complexity index is 1010. The average molecular weight is 383 g/mol. The summed E-state index contributed by atoms with van der Waals surface area (Å²) in [6.07, 6.45) is 0.308. The van der Waals surface area contributed by atoms with E-state index in [2.05, 4.69) is 5.32 Å². The second-order valence-corrected chi connectivity index (χ2v) is 7.23. The Kier molecular flexibility index (Phi) is 4.58. The normalized spacial score (nSPS) is 15.8. The molecule has 4 rings (SSSR count). The molecule has 138 valence electrons. The summed E-state index contributed by atoms with van der Waals surface area (Å²) in [5, 5.41) is 5.01. The molecule has 1 amide bonds. The van der Waals surface area contributed by atoms with Crippen molar-refractivity contribution in [3.63, 3.8) is 0 Å². The van der Waals surface area contributed by atoms with Crippen LogP contribution in [0.4, 0.5) is 10.1 Å². The molecule has 1 aliphatic rings. The lowest BCUT2D eigenvalue weighted by Crippen LogP contribution is -2.22. The van der Waals surface area contributed by atoms with Crippen molar-refractivity contribution in [3.05, 3.63) is 64.1 Å². The van der Waals surface area contributed by atoms with Crippen LogP contribution in [0.3, 0.4) is 0 Å². The van der Waals surface area contributed by atoms with Crippen molar-refractivity contribution in [1.29, 1.82) is 0 Å². The molecule has 1 aliphatic heterocycles. The smallest absolute Gasteiger partial charge is 0.225 e. The van der Waals surface area contributed by atoms with Crippen LogP contribution in [0.2, 0.25) is 0 Å².